The van der Waals surface area contributed by atoms with Crippen LogP contribution < -0.4 is 5.32 Å². The summed E-state index contributed by atoms with van der Waals surface area (Å²) in [5, 5.41) is 11.7. The van der Waals surface area contributed by atoms with Gasteiger partial charge in [-0.1, -0.05) is 6.58 Å². The predicted octanol–water partition coefficient (Wildman–Crippen LogP) is 1.24. The molecule has 0 aromatic rings. The van der Waals surface area contributed by atoms with Crippen molar-refractivity contribution < 1.29 is 0 Å². The van der Waals surface area contributed by atoms with Crippen LogP contribution in [-0.2, 0) is 0 Å². The van der Waals surface area contributed by atoms with Crippen LogP contribution in [0.25, 0.3) is 0 Å². The van der Waals surface area contributed by atoms with Gasteiger partial charge in [0.1, 0.15) is 0 Å². The number of nitrogens with one attached hydrogen (secondary N) is 1. The van der Waals surface area contributed by atoms with Gasteiger partial charge in [-0.15, -0.1) is 12.6 Å². The summed E-state index contributed by atoms with van der Waals surface area (Å²) >= 11 is 4.25. The Balaban J connectivity index is 2.84. The third-order valence-corrected chi connectivity index (χ3v) is 2.12. The summed E-state index contributed by atoms with van der Waals surface area (Å²) in [4.78, 5) is 0.947. The van der Waals surface area contributed by atoms with E-state index in [1.165, 1.54) is 0 Å². The summed E-state index contributed by atoms with van der Waals surface area (Å²) in [6.45, 7) is 5.33. The average molecular weight is 166 g/mol. The molecule has 2 nitrogen and oxygen atoms in total. The lowest BCUT2D eigenvalue weighted by Crippen LogP contribution is -2.23. The van der Waals surface area contributed by atoms with Gasteiger partial charge in [-0.25, -0.2) is 0 Å². The molecule has 11 heavy (non-hydrogen) atoms. The molecule has 0 radical (unpaired) electrons. The third-order valence-electron chi connectivity index (χ3n) is 1.69. The van der Waals surface area contributed by atoms with Crippen molar-refractivity contribution in [3.05, 3.63) is 22.6 Å². The zero-order valence-corrected chi connectivity index (χ0v) is 7.12. The van der Waals surface area contributed by atoms with Crippen molar-refractivity contribution in [1.82, 2.24) is 5.32 Å². The fraction of sp³-hybridized carbons (Fsp3) is 0.375. The largest absolute Gasteiger partial charge is 0.312 e. The van der Waals surface area contributed by atoms with E-state index in [9.17, 15) is 0 Å². The van der Waals surface area contributed by atoms with Gasteiger partial charge in [0.15, 0.2) is 0 Å². The fourth-order valence-corrected chi connectivity index (χ4v) is 1.42. The topological polar surface area (TPSA) is 35.8 Å². The molecule has 0 saturated heterocycles. The number of nitrogens with zero attached hydrogens (tertiary/aromatic N) is 1. The Morgan fingerprint density at radius 2 is 2.45 bits per heavy atom. The van der Waals surface area contributed by atoms with Gasteiger partial charge in [0, 0.05) is 12.1 Å². The second kappa shape index (κ2) is 3.61. The Bertz CT molecular complexity index is 247. The first-order valence-corrected chi connectivity index (χ1v) is 3.91. The summed E-state index contributed by atoms with van der Waals surface area (Å²) in [7, 11) is 0. The monoisotopic (exact) mass is 166 g/mol. The molecule has 0 bridgehead atoms. The number of hydrogen-bond donors (Lipinski definition) is 2. The highest BCUT2D eigenvalue weighted by atomic mass is 32.1. The molecule has 3 heteroatoms. The molecule has 0 amide bonds. The lowest BCUT2D eigenvalue weighted by atomic mass is 10.0. The van der Waals surface area contributed by atoms with Crippen LogP contribution in [0.5, 0.6) is 0 Å². The normalized spacial score (nSPS) is 17.8. The maximum absolute atomic E-state index is 8.57. The van der Waals surface area contributed by atoms with Gasteiger partial charge >= 0.3 is 0 Å². The first-order chi connectivity index (χ1) is 5.25. The molecule has 1 heterocycles. The SMILES string of the molecule is C=C(C#N)C1=C(S)CNCC1. The van der Waals surface area contributed by atoms with Crippen molar-refractivity contribution in [3.63, 3.8) is 0 Å². The summed E-state index contributed by atoms with van der Waals surface area (Å²) in [6.07, 6.45) is 0.866. The summed E-state index contributed by atoms with van der Waals surface area (Å²) < 4.78 is 0. The van der Waals surface area contributed by atoms with E-state index in [0.717, 1.165) is 30.0 Å². The summed E-state index contributed by atoms with van der Waals surface area (Å²) in [6, 6.07) is 2.04. The molecule has 0 saturated carbocycles. The van der Waals surface area contributed by atoms with E-state index >= 15 is 0 Å². The van der Waals surface area contributed by atoms with E-state index in [4.69, 9.17) is 5.26 Å². The van der Waals surface area contributed by atoms with Gasteiger partial charge in [-0.2, -0.15) is 5.26 Å². The molecule has 0 aromatic carbocycles. The third kappa shape index (κ3) is 1.86. The zero-order chi connectivity index (χ0) is 8.27. The average Bonchev–Trinajstić information content (AvgIpc) is 2.04. The first kappa shape index (κ1) is 8.38. The van der Waals surface area contributed by atoms with Crippen molar-refractivity contribution in [1.29, 1.82) is 5.26 Å². The molecule has 1 aliphatic rings. The minimum absolute atomic E-state index is 0.552. The Labute approximate surface area is 72.0 Å². The standard InChI is InChI=1S/C8H10N2S/c1-6(4-9)7-2-3-10-5-8(7)11/h10-11H,1-3,5H2. The number of nitriles is 1. The molecule has 0 fully saturated rings. The molecule has 0 spiro atoms. The number of rotatable bonds is 1. The molecule has 0 aromatic heterocycles. The molecule has 0 aliphatic carbocycles. The molecule has 58 valence electrons. The van der Waals surface area contributed by atoms with Crippen LogP contribution in [0.3, 0.4) is 0 Å². The smallest absolute Gasteiger partial charge is 0.0988 e. The van der Waals surface area contributed by atoms with Crippen molar-refractivity contribution >= 4 is 12.6 Å². The minimum atomic E-state index is 0.552. The lowest BCUT2D eigenvalue weighted by molar-refractivity contribution is 0.704. The highest BCUT2D eigenvalue weighted by molar-refractivity contribution is 7.84. The van der Waals surface area contributed by atoms with Crippen molar-refractivity contribution in [2.24, 2.45) is 0 Å². The van der Waals surface area contributed by atoms with Crippen LogP contribution in [0.2, 0.25) is 0 Å². The molecule has 0 atom stereocenters. The van der Waals surface area contributed by atoms with E-state index < -0.39 is 0 Å². The van der Waals surface area contributed by atoms with E-state index in [2.05, 4.69) is 24.5 Å². The van der Waals surface area contributed by atoms with E-state index in [1.54, 1.807) is 0 Å². The lowest BCUT2D eigenvalue weighted by Gasteiger charge is -2.16. The number of thiol groups is 1. The maximum Gasteiger partial charge on any atom is 0.0988 e. The number of hydrogen-bond acceptors (Lipinski definition) is 3. The highest BCUT2D eigenvalue weighted by Crippen LogP contribution is 2.21. The highest BCUT2D eigenvalue weighted by Gasteiger charge is 2.11. The second-order valence-corrected chi connectivity index (χ2v) is 2.98. The maximum atomic E-state index is 8.57. The summed E-state index contributed by atoms with van der Waals surface area (Å²) in [5.74, 6) is 0. The van der Waals surface area contributed by atoms with Crippen LogP contribution in [-0.4, -0.2) is 13.1 Å². The van der Waals surface area contributed by atoms with Gasteiger partial charge in [0.25, 0.3) is 0 Å². The molecule has 1 aliphatic heterocycles. The van der Waals surface area contributed by atoms with Crippen molar-refractivity contribution in [2.45, 2.75) is 6.42 Å². The van der Waals surface area contributed by atoms with Crippen molar-refractivity contribution in [3.8, 4) is 6.07 Å². The minimum Gasteiger partial charge on any atom is -0.312 e. The Morgan fingerprint density at radius 1 is 1.73 bits per heavy atom. The molecule has 0 unspecified atom stereocenters. The van der Waals surface area contributed by atoms with Gasteiger partial charge in [0.05, 0.1) is 6.07 Å². The quantitative estimate of drug-likeness (QED) is 0.454. The molecule has 1 rings (SSSR count). The van der Waals surface area contributed by atoms with E-state index in [0.29, 0.717) is 5.57 Å². The summed E-state index contributed by atoms with van der Waals surface area (Å²) in [5.41, 5.74) is 1.56. The zero-order valence-electron chi connectivity index (χ0n) is 6.22. The van der Waals surface area contributed by atoms with Crippen LogP contribution in [0, 0.1) is 11.3 Å². The van der Waals surface area contributed by atoms with Gasteiger partial charge in [-0.05, 0) is 23.4 Å². The van der Waals surface area contributed by atoms with Crippen LogP contribution >= 0.6 is 12.6 Å². The molecular weight excluding hydrogens is 156 g/mol. The van der Waals surface area contributed by atoms with Crippen LogP contribution in [0.15, 0.2) is 22.6 Å². The van der Waals surface area contributed by atoms with Crippen molar-refractivity contribution in [2.75, 3.05) is 13.1 Å². The Kier molecular flexibility index (Phi) is 2.75. The Morgan fingerprint density at radius 3 is 3.00 bits per heavy atom. The van der Waals surface area contributed by atoms with Gasteiger partial charge in [0.2, 0.25) is 0 Å². The Hall–Kier alpha value is -0.720. The van der Waals surface area contributed by atoms with E-state index in [1.807, 2.05) is 6.07 Å². The van der Waals surface area contributed by atoms with Crippen LogP contribution in [0.4, 0.5) is 0 Å². The van der Waals surface area contributed by atoms with E-state index in [-0.39, 0.29) is 0 Å². The van der Waals surface area contributed by atoms with Crippen LogP contribution in [0.1, 0.15) is 6.42 Å². The van der Waals surface area contributed by atoms with Gasteiger partial charge < -0.3 is 5.32 Å². The number of allylic oxidation sites excluding steroid dienone is 1. The predicted molar refractivity (Wildman–Crippen MR) is 48.3 cm³/mol. The first-order valence-electron chi connectivity index (χ1n) is 3.46. The molecular formula is C8H10N2S. The fourth-order valence-electron chi connectivity index (χ4n) is 1.06. The van der Waals surface area contributed by atoms with Gasteiger partial charge in [-0.3, -0.25) is 0 Å². The second-order valence-electron chi connectivity index (χ2n) is 2.44. The molecule has 1 N–H and O–H groups in total.